The van der Waals surface area contributed by atoms with Gasteiger partial charge in [-0.25, -0.2) is 0 Å². The number of fused-ring (bicyclic) bond motifs is 1. The first kappa shape index (κ1) is 22.3. The molecule has 4 aromatic rings. The summed E-state index contributed by atoms with van der Waals surface area (Å²) < 4.78 is 7.03. The van der Waals surface area contributed by atoms with Crippen LogP contribution in [0.25, 0.3) is 5.70 Å². The molecule has 0 saturated heterocycles. The normalized spacial score (nSPS) is 14.7. The molecule has 0 aliphatic carbocycles. The Hall–Kier alpha value is -4.46. The fraction of sp³-hybridized carbons (Fsp3) is 0.185. The van der Waals surface area contributed by atoms with E-state index in [1.807, 2.05) is 59.5 Å². The van der Waals surface area contributed by atoms with Gasteiger partial charge in [-0.1, -0.05) is 77.4 Å². The first-order valence-electron chi connectivity index (χ1n) is 11.4. The van der Waals surface area contributed by atoms with Crippen LogP contribution in [0.15, 0.2) is 84.9 Å². The van der Waals surface area contributed by atoms with Crippen LogP contribution in [-0.4, -0.2) is 39.8 Å². The Labute approximate surface area is 203 Å². The zero-order valence-corrected chi connectivity index (χ0v) is 19.6. The Balaban J connectivity index is 1.44. The highest BCUT2D eigenvalue weighted by Crippen LogP contribution is 2.36. The summed E-state index contributed by atoms with van der Waals surface area (Å²) in [6.07, 6.45) is 2.11. The maximum Gasteiger partial charge on any atom is 0.251 e. The van der Waals surface area contributed by atoms with Gasteiger partial charge in [0.15, 0.2) is 0 Å². The summed E-state index contributed by atoms with van der Waals surface area (Å²) in [4.78, 5) is 14.9. The van der Waals surface area contributed by atoms with Crippen molar-refractivity contribution < 1.29 is 9.53 Å². The Morgan fingerprint density at radius 2 is 1.83 bits per heavy atom. The molecule has 0 saturated carbocycles. The van der Waals surface area contributed by atoms with Gasteiger partial charge in [-0.15, -0.1) is 0 Å². The number of amides is 1. The fourth-order valence-corrected chi connectivity index (χ4v) is 4.16. The number of allylic oxidation sites excluding steroid dienone is 1. The second-order valence-electron chi connectivity index (χ2n) is 8.41. The molecular formula is C27H26N6O2. The number of anilines is 1. The molecule has 1 aliphatic heterocycles. The number of nitrogens with one attached hydrogen (secondary N) is 1. The molecule has 1 atom stereocenters. The highest BCUT2D eigenvalue weighted by atomic mass is 16.5. The summed E-state index contributed by atoms with van der Waals surface area (Å²) in [5.41, 5.74) is 5.08. The minimum atomic E-state index is -0.188. The quantitative estimate of drug-likeness (QED) is 0.447. The molecule has 0 bridgehead atoms. The summed E-state index contributed by atoms with van der Waals surface area (Å²) in [5.74, 6) is 1.13. The number of hydrogen-bond donors (Lipinski definition) is 1. The fourth-order valence-electron chi connectivity index (χ4n) is 4.16. The number of methoxy groups -OCH3 is 1. The highest BCUT2D eigenvalue weighted by Gasteiger charge is 2.31. The lowest BCUT2D eigenvalue weighted by atomic mass is 10.00. The molecule has 0 fully saturated rings. The molecule has 8 nitrogen and oxygen atoms in total. The molecule has 1 N–H and O–H groups in total. The van der Waals surface area contributed by atoms with Crippen LogP contribution in [-0.2, 0) is 11.3 Å². The third-order valence-corrected chi connectivity index (χ3v) is 6.00. The zero-order valence-electron chi connectivity index (χ0n) is 19.6. The van der Waals surface area contributed by atoms with Crippen molar-refractivity contribution in [3.05, 3.63) is 107 Å². The predicted molar refractivity (Wildman–Crippen MR) is 134 cm³/mol. The van der Waals surface area contributed by atoms with Crippen molar-refractivity contribution in [3.63, 3.8) is 0 Å². The van der Waals surface area contributed by atoms with Gasteiger partial charge in [0.25, 0.3) is 5.95 Å². The first-order chi connectivity index (χ1) is 17.1. The number of carbonyl (C=O) groups excluding carboxylic acids is 1. The van der Waals surface area contributed by atoms with Gasteiger partial charge in [-0.05, 0) is 52.2 Å². The maximum absolute atomic E-state index is 13.0. The standard InChI is InChI=1S/C27H26N6O2/c1-19-11-13-22(14-12-19)25-16-24(21-8-4-3-5-9-21)32(27-29-30-31-33(25)27)18-26(34)28-17-20-7-6-10-23(15-20)35-2/h3-16,25H,17-18H2,1-2H3,(H,28,34)/t25-/m1/s1. The van der Waals surface area contributed by atoms with Crippen molar-refractivity contribution in [3.8, 4) is 5.75 Å². The van der Waals surface area contributed by atoms with E-state index in [2.05, 4.69) is 58.1 Å². The predicted octanol–water partition coefficient (Wildman–Crippen LogP) is 3.76. The van der Waals surface area contributed by atoms with Gasteiger partial charge < -0.3 is 10.1 Å². The molecule has 0 unspecified atom stereocenters. The largest absolute Gasteiger partial charge is 0.497 e. The van der Waals surface area contributed by atoms with Gasteiger partial charge >= 0.3 is 0 Å². The van der Waals surface area contributed by atoms with E-state index in [0.717, 1.165) is 28.1 Å². The molecule has 1 aromatic heterocycles. The van der Waals surface area contributed by atoms with Crippen LogP contribution in [0.4, 0.5) is 5.95 Å². The van der Waals surface area contributed by atoms with Gasteiger partial charge in [-0.3, -0.25) is 9.69 Å². The highest BCUT2D eigenvalue weighted by molar-refractivity contribution is 5.89. The second kappa shape index (κ2) is 9.80. The van der Waals surface area contributed by atoms with Crippen LogP contribution in [0.3, 0.4) is 0 Å². The minimum Gasteiger partial charge on any atom is -0.497 e. The lowest BCUT2D eigenvalue weighted by molar-refractivity contribution is -0.119. The number of nitrogens with zero attached hydrogens (tertiary/aromatic N) is 5. The van der Waals surface area contributed by atoms with Gasteiger partial charge in [0.1, 0.15) is 18.3 Å². The van der Waals surface area contributed by atoms with E-state index in [4.69, 9.17) is 4.74 Å². The van der Waals surface area contributed by atoms with Crippen molar-refractivity contribution in [2.24, 2.45) is 0 Å². The van der Waals surface area contributed by atoms with Gasteiger partial charge in [-0.2, -0.15) is 4.68 Å². The Bertz CT molecular complexity index is 1350. The van der Waals surface area contributed by atoms with Crippen LogP contribution < -0.4 is 15.0 Å². The number of aryl methyl sites for hydroxylation is 1. The van der Waals surface area contributed by atoms with Crippen molar-refractivity contribution in [2.45, 2.75) is 19.5 Å². The van der Waals surface area contributed by atoms with E-state index in [9.17, 15) is 4.79 Å². The number of aromatic nitrogens is 4. The zero-order chi connectivity index (χ0) is 24.2. The lowest BCUT2D eigenvalue weighted by Gasteiger charge is -2.32. The number of carbonyl (C=O) groups is 1. The molecule has 2 heterocycles. The van der Waals surface area contributed by atoms with Gasteiger partial charge in [0.05, 0.1) is 12.8 Å². The SMILES string of the molecule is COc1cccc(CNC(=O)CN2C(c3ccccc3)=C[C@H](c3ccc(C)cc3)n3nnnc32)c1. The van der Waals surface area contributed by atoms with Crippen LogP contribution in [0.1, 0.15) is 28.3 Å². The summed E-state index contributed by atoms with van der Waals surface area (Å²) in [7, 11) is 1.62. The summed E-state index contributed by atoms with van der Waals surface area (Å²) in [6.45, 7) is 2.53. The average Bonchev–Trinajstić information content (AvgIpc) is 3.39. The van der Waals surface area contributed by atoms with Crippen molar-refractivity contribution in [1.29, 1.82) is 0 Å². The van der Waals surface area contributed by atoms with Gasteiger partial charge in [0, 0.05) is 6.54 Å². The molecule has 1 aliphatic rings. The monoisotopic (exact) mass is 466 g/mol. The summed E-state index contributed by atoms with van der Waals surface area (Å²) >= 11 is 0. The molecule has 0 spiro atoms. The molecule has 0 radical (unpaired) electrons. The van der Waals surface area contributed by atoms with E-state index in [0.29, 0.717) is 12.5 Å². The van der Waals surface area contributed by atoms with Crippen LogP contribution in [0.5, 0.6) is 5.75 Å². The number of rotatable bonds is 7. The Kier molecular flexibility index (Phi) is 6.26. The lowest BCUT2D eigenvalue weighted by Crippen LogP contribution is -2.39. The van der Waals surface area contributed by atoms with E-state index in [1.54, 1.807) is 11.8 Å². The third kappa shape index (κ3) is 4.77. The van der Waals surface area contributed by atoms with Gasteiger partial charge in [0.2, 0.25) is 5.91 Å². The summed E-state index contributed by atoms with van der Waals surface area (Å²) in [6, 6.07) is 25.8. The van der Waals surface area contributed by atoms with E-state index in [-0.39, 0.29) is 18.5 Å². The van der Waals surface area contributed by atoms with E-state index < -0.39 is 0 Å². The average molecular weight is 467 g/mol. The third-order valence-electron chi connectivity index (χ3n) is 6.00. The smallest absolute Gasteiger partial charge is 0.251 e. The van der Waals surface area contributed by atoms with Crippen LogP contribution >= 0.6 is 0 Å². The maximum atomic E-state index is 13.0. The van der Waals surface area contributed by atoms with Crippen LogP contribution in [0, 0.1) is 6.92 Å². The Morgan fingerprint density at radius 1 is 1.03 bits per heavy atom. The Morgan fingerprint density at radius 3 is 2.60 bits per heavy atom. The summed E-state index contributed by atoms with van der Waals surface area (Å²) in [5, 5.41) is 15.5. The van der Waals surface area contributed by atoms with Crippen molar-refractivity contribution in [1.82, 2.24) is 25.5 Å². The molecule has 35 heavy (non-hydrogen) atoms. The van der Waals surface area contributed by atoms with Crippen LogP contribution in [0.2, 0.25) is 0 Å². The second-order valence-corrected chi connectivity index (χ2v) is 8.41. The minimum absolute atomic E-state index is 0.0751. The molecule has 3 aromatic carbocycles. The first-order valence-corrected chi connectivity index (χ1v) is 11.4. The van der Waals surface area contributed by atoms with Crippen molar-refractivity contribution >= 4 is 17.6 Å². The molecule has 1 amide bonds. The van der Waals surface area contributed by atoms with Crippen molar-refractivity contribution in [2.75, 3.05) is 18.6 Å². The topological polar surface area (TPSA) is 85.2 Å². The van der Waals surface area contributed by atoms with E-state index in [1.165, 1.54) is 5.56 Å². The molecule has 5 rings (SSSR count). The number of tetrazole rings is 1. The molecule has 8 heteroatoms. The number of ether oxygens (including phenoxy) is 1. The molecular weight excluding hydrogens is 440 g/mol. The van der Waals surface area contributed by atoms with E-state index >= 15 is 0 Å². The molecule has 176 valence electrons. The number of hydrogen-bond acceptors (Lipinski definition) is 6. The number of benzene rings is 3.